The summed E-state index contributed by atoms with van der Waals surface area (Å²) in [4.78, 5) is 12.3. The summed E-state index contributed by atoms with van der Waals surface area (Å²) < 4.78 is 28.7. The highest BCUT2D eigenvalue weighted by molar-refractivity contribution is 7.89. The van der Waals surface area contributed by atoms with Gasteiger partial charge in [0.15, 0.2) is 0 Å². The average Bonchev–Trinajstić information content (AvgIpc) is 2.56. The summed E-state index contributed by atoms with van der Waals surface area (Å²) in [6, 6.07) is 11.4. The molecular formula is C18H22N2O4S. The number of carbonyl (C=O) groups excluding carboxylic acids is 1. The van der Waals surface area contributed by atoms with Crippen LogP contribution in [0.4, 0.5) is 5.69 Å². The highest BCUT2D eigenvalue weighted by Gasteiger charge is 2.13. The molecule has 2 aromatic carbocycles. The Morgan fingerprint density at radius 1 is 1.16 bits per heavy atom. The van der Waals surface area contributed by atoms with E-state index in [9.17, 15) is 13.2 Å². The first-order valence-electron chi connectivity index (χ1n) is 7.99. The Labute approximate surface area is 148 Å². The number of rotatable bonds is 7. The fraction of sp³-hybridized carbons (Fsp3) is 0.278. The lowest BCUT2D eigenvalue weighted by Crippen LogP contribution is -2.16. The van der Waals surface area contributed by atoms with E-state index in [4.69, 9.17) is 9.88 Å². The van der Waals surface area contributed by atoms with Crippen molar-refractivity contribution in [3.05, 3.63) is 53.6 Å². The third-order valence-electron chi connectivity index (χ3n) is 3.64. The zero-order chi connectivity index (χ0) is 18.4. The lowest BCUT2D eigenvalue weighted by Gasteiger charge is -2.10. The number of unbranched alkanes of at least 4 members (excludes halogenated alkanes) is 1. The number of anilines is 1. The van der Waals surface area contributed by atoms with Gasteiger partial charge in [-0.05, 0) is 55.3 Å². The van der Waals surface area contributed by atoms with Gasteiger partial charge in [0.25, 0.3) is 5.91 Å². The van der Waals surface area contributed by atoms with Crippen LogP contribution in [-0.4, -0.2) is 20.9 Å². The summed E-state index contributed by atoms with van der Waals surface area (Å²) in [5, 5.41) is 7.85. The molecule has 0 saturated carbocycles. The molecule has 25 heavy (non-hydrogen) atoms. The lowest BCUT2D eigenvalue weighted by atomic mass is 10.2. The molecule has 0 aliphatic rings. The molecule has 0 aliphatic heterocycles. The van der Waals surface area contributed by atoms with Crippen LogP contribution < -0.4 is 15.2 Å². The smallest absolute Gasteiger partial charge is 0.255 e. The van der Waals surface area contributed by atoms with Crippen molar-refractivity contribution in [2.45, 2.75) is 31.6 Å². The minimum atomic E-state index is -3.84. The zero-order valence-electron chi connectivity index (χ0n) is 14.3. The van der Waals surface area contributed by atoms with Crippen LogP contribution in [-0.2, 0) is 10.0 Å². The Bertz CT molecular complexity index is 846. The molecule has 0 saturated heterocycles. The largest absolute Gasteiger partial charge is 0.494 e. The molecular weight excluding hydrogens is 340 g/mol. The summed E-state index contributed by atoms with van der Waals surface area (Å²) in [5.74, 6) is 0.362. The molecule has 6 nitrogen and oxygen atoms in total. The molecule has 2 rings (SSSR count). The monoisotopic (exact) mass is 362 g/mol. The van der Waals surface area contributed by atoms with Gasteiger partial charge in [0.1, 0.15) is 5.75 Å². The van der Waals surface area contributed by atoms with E-state index in [2.05, 4.69) is 12.2 Å². The van der Waals surface area contributed by atoms with Gasteiger partial charge in [0, 0.05) is 11.3 Å². The lowest BCUT2D eigenvalue weighted by molar-refractivity contribution is 0.102. The molecule has 0 unspecified atom stereocenters. The topological polar surface area (TPSA) is 98.5 Å². The molecule has 0 fully saturated rings. The Balaban J connectivity index is 2.09. The standard InChI is InChI=1S/C18H22N2O4S/c1-3-4-11-24-16-9-6-14(7-10-16)18(21)20-15-8-5-13(2)17(12-15)25(19,22)23/h5-10,12H,3-4,11H2,1-2H3,(H,20,21)(H2,19,22,23). The van der Waals surface area contributed by atoms with Crippen molar-refractivity contribution >= 4 is 21.6 Å². The van der Waals surface area contributed by atoms with Crippen LogP contribution >= 0.6 is 0 Å². The highest BCUT2D eigenvalue weighted by Crippen LogP contribution is 2.20. The van der Waals surface area contributed by atoms with Crippen molar-refractivity contribution in [3.63, 3.8) is 0 Å². The summed E-state index contributed by atoms with van der Waals surface area (Å²) >= 11 is 0. The van der Waals surface area contributed by atoms with E-state index in [1.807, 2.05) is 0 Å². The van der Waals surface area contributed by atoms with Crippen LogP contribution in [0.2, 0.25) is 0 Å². The number of nitrogens with one attached hydrogen (secondary N) is 1. The van der Waals surface area contributed by atoms with Crippen molar-refractivity contribution in [3.8, 4) is 5.75 Å². The molecule has 3 N–H and O–H groups in total. The number of sulfonamides is 1. The molecule has 0 heterocycles. The number of nitrogens with two attached hydrogens (primary N) is 1. The van der Waals surface area contributed by atoms with Gasteiger partial charge in [-0.3, -0.25) is 4.79 Å². The first-order chi connectivity index (χ1) is 11.8. The Morgan fingerprint density at radius 2 is 1.84 bits per heavy atom. The number of hydrogen-bond acceptors (Lipinski definition) is 4. The number of aryl methyl sites for hydroxylation is 1. The normalized spacial score (nSPS) is 11.2. The van der Waals surface area contributed by atoms with Crippen molar-refractivity contribution < 1.29 is 17.9 Å². The maximum Gasteiger partial charge on any atom is 0.255 e. The van der Waals surface area contributed by atoms with Crippen LogP contribution in [0.5, 0.6) is 5.75 Å². The third kappa shape index (κ3) is 5.30. The summed E-state index contributed by atoms with van der Waals surface area (Å²) in [7, 11) is -3.84. The number of amides is 1. The number of hydrogen-bond donors (Lipinski definition) is 2. The minimum Gasteiger partial charge on any atom is -0.494 e. The van der Waals surface area contributed by atoms with E-state index in [0.29, 0.717) is 29.2 Å². The van der Waals surface area contributed by atoms with Crippen LogP contribution in [0.25, 0.3) is 0 Å². The van der Waals surface area contributed by atoms with E-state index in [-0.39, 0.29) is 10.8 Å². The van der Waals surface area contributed by atoms with E-state index < -0.39 is 10.0 Å². The van der Waals surface area contributed by atoms with Crippen molar-refractivity contribution in [2.75, 3.05) is 11.9 Å². The second-order valence-corrected chi connectivity index (χ2v) is 7.24. The molecule has 0 aliphatic carbocycles. The average molecular weight is 362 g/mol. The summed E-state index contributed by atoms with van der Waals surface area (Å²) in [6.07, 6.45) is 2.03. The molecule has 0 radical (unpaired) electrons. The van der Waals surface area contributed by atoms with Crippen LogP contribution in [0.15, 0.2) is 47.4 Å². The number of primary sulfonamides is 1. The maximum atomic E-state index is 12.3. The molecule has 0 atom stereocenters. The Morgan fingerprint density at radius 3 is 2.44 bits per heavy atom. The van der Waals surface area contributed by atoms with E-state index in [1.165, 1.54) is 6.07 Å². The quantitative estimate of drug-likeness (QED) is 0.740. The molecule has 2 aromatic rings. The van der Waals surface area contributed by atoms with Crippen LogP contribution in [0.1, 0.15) is 35.7 Å². The molecule has 0 bridgehead atoms. The second kappa shape index (κ2) is 8.13. The Hall–Kier alpha value is -2.38. The second-order valence-electron chi connectivity index (χ2n) is 5.71. The zero-order valence-corrected chi connectivity index (χ0v) is 15.1. The highest BCUT2D eigenvalue weighted by atomic mass is 32.2. The minimum absolute atomic E-state index is 0.00929. The number of benzene rings is 2. The predicted octanol–water partition coefficient (Wildman–Crippen LogP) is 3.07. The molecule has 0 spiro atoms. The summed E-state index contributed by atoms with van der Waals surface area (Å²) in [5.41, 5.74) is 1.33. The van der Waals surface area contributed by atoms with Crippen LogP contribution in [0.3, 0.4) is 0 Å². The van der Waals surface area contributed by atoms with Crippen LogP contribution in [0, 0.1) is 6.92 Å². The van der Waals surface area contributed by atoms with Gasteiger partial charge in [-0.1, -0.05) is 19.4 Å². The van der Waals surface area contributed by atoms with Crippen molar-refractivity contribution in [1.29, 1.82) is 0 Å². The summed E-state index contributed by atoms with van der Waals surface area (Å²) in [6.45, 7) is 4.37. The van der Waals surface area contributed by atoms with E-state index in [0.717, 1.165) is 12.8 Å². The van der Waals surface area contributed by atoms with Gasteiger partial charge >= 0.3 is 0 Å². The van der Waals surface area contributed by atoms with E-state index >= 15 is 0 Å². The van der Waals surface area contributed by atoms with Gasteiger partial charge in [-0.15, -0.1) is 0 Å². The van der Waals surface area contributed by atoms with Gasteiger partial charge in [0.2, 0.25) is 10.0 Å². The van der Waals surface area contributed by atoms with Gasteiger partial charge in [0.05, 0.1) is 11.5 Å². The van der Waals surface area contributed by atoms with Gasteiger partial charge in [-0.2, -0.15) is 0 Å². The fourth-order valence-electron chi connectivity index (χ4n) is 2.22. The SMILES string of the molecule is CCCCOc1ccc(C(=O)Nc2ccc(C)c(S(N)(=O)=O)c2)cc1. The van der Waals surface area contributed by atoms with Crippen molar-refractivity contribution in [1.82, 2.24) is 0 Å². The molecule has 7 heteroatoms. The molecule has 1 amide bonds. The Kier molecular flexibility index (Phi) is 6.17. The van der Waals surface area contributed by atoms with E-state index in [1.54, 1.807) is 43.3 Å². The molecule has 134 valence electrons. The number of carbonyl (C=O) groups is 1. The third-order valence-corrected chi connectivity index (χ3v) is 4.69. The first kappa shape index (κ1) is 19.0. The van der Waals surface area contributed by atoms with Gasteiger partial charge < -0.3 is 10.1 Å². The number of ether oxygens (including phenoxy) is 1. The van der Waals surface area contributed by atoms with Gasteiger partial charge in [-0.25, -0.2) is 13.6 Å². The molecule has 0 aromatic heterocycles. The predicted molar refractivity (Wildman–Crippen MR) is 97.4 cm³/mol. The first-order valence-corrected chi connectivity index (χ1v) is 9.53. The van der Waals surface area contributed by atoms with Crippen molar-refractivity contribution in [2.24, 2.45) is 5.14 Å². The maximum absolute atomic E-state index is 12.3. The fourth-order valence-corrected chi connectivity index (χ4v) is 3.03.